The highest BCUT2D eigenvalue weighted by Gasteiger charge is 2.13. The molecule has 1 N–H and O–H groups in total. The number of hydrogen-bond acceptors (Lipinski definition) is 4. The van der Waals surface area contributed by atoms with Crippen molar-refractivity contribution in [1.82, 2.24) is 9.03 Å². The monoisotopic (exact) mass is 306 g/mol. The molecule has 6 nitrogen and oxygen atoms in total. The van der Waals surface area contributed by atoms with Gasteiger partial charge in [0, 0.05) is 20.1 Å². The first-order valence-corrected chi connectivity index (χ1v) is 9.02. The van der Waals surface area contributed by atoms with Crippen LogP contribution < -0.4 is 4.72 Å². The first-order valence-electron chi connectivity index (χ1n) is 5.69. The second kappa shape index (κ2) is 6.47. The minimum Gasteiger partial charge on any atom is -0.213 e. The fourth-order valence-electron chi connectivity index (χ4n) is 1.36. The maximum absolute atomic E-state index is 11.8. The summed E-state index contributed by atoms with van der Waals surface area (Å²) >= 11 is 0. The summed E-state index contributed by atoms with van der Waals surface area (Å²) in [5, 5.41) is 0. The van der Waals surface area contributed by atoms with Gasteiger partial charge in [0.2, 0.25) is 20.0 Å². The average molecular weight is 306 g/mol. The van der Waals surface area contributed by atoms with Crippen molar-refractivity contribution in [1.29, 1.82) is 0 Å². The van der Waals surface area contributed by atoms with E-state index < -0.39 is 20.0 Å². The van der Waals surface area contributed by atoms with Crippen LogP contribution in [0.1, 0.15) is 6.42 Å². The molecular formula is C11H18N2O4S2. The Morgan fingerprint density at radius 1 is 1.11 bits per heavy atom. The lowest BCUT2D eigenvalue weighted by Gasteiger charge is -2.13. The molecular weight excluding hydrogens is 288 g/mol. The summed E-state index contributed by atoms with van der Waals surface area (Å²) in [6.07, 6.45) is 1.52. The van der Waals surface area contributed by atoms with Gasteiger partial charge in [0.05, 0.1) is 11.2 Å². The molecule has 1 aromatic rings. The summed E-state index contributed by atoms with van der Waals surface area (Å²) in [7, 11) is -5.27. The minimum absolute atomic E-state index is 0.192. The third-order valence-corrected chi connectivity index (χ3v) is 5.35. The average Bonchev–Trinajstić information content (AvgIpc) is 2.34. The van der Waals surface area contributed by atoms with Crippen molar-refractivity contribution in [2.45, 2.75) is 11.3 Å². The molecule has 0 aromatic heterocycles. The normalized spacial score (nSPS) is 12.8. The maximum atomic E-state index is 11.8. The van der Waals surface area contributed by atoms with Gasteiger partial charge in [-0.25, -0.2) is 25.9 Å². The van der Waals surface area contributed by atoms with Gasteiger partial charge in [-0.2, -0.15) is 0 Å². The SMILES string of the molecule is CN(CCCNS(=O)(=O)c1ccccc1)S(C)(=O)=O. The van der Waals surface area contributed by atoms with E-state index >= 15 is 0 Å². The molecule has 0 atom stereocenters. The summed E-state index contributed by atoms with van der Waals surface area (Å²) in [4.78, 5) is 0.200. The molecule has 108 valence electrons. The molecule has 1 rings (SSSR count). The van der Waals surface area contributed by atoms with E-state index in [9.17, 15) is 16.8 Å². The van der Waals surface area contributed by atoms with Gasteiger partial charge in [-0.1, -0.05) is 18.2 Å². The Balaban J connectivity index is 2.46. The highest BCUT2D eigenvalue weighted by atomic mass is 32.2. The van der Waals surface area contributed by atoms with E-state index in [0.717, 1.165) is 6.26 Å². The van der Waals surface area contributed by atoms with Crippen LogP contribution in [-0.4, -0.2) is 47.5 Å². The summed E-state index contributed by atoms with van der Waals surface area (Å²) in [6.45, 7) is 0.466. The predicted octanol–water partition coefficient (Wildman–Crippen LogP) is 0.246. The molecule has 0 heterocycles. The zero-order valence-corrected chi connectivity index (χ0v) is 12.5. The molecule has 0 bridgehead atoms. The second-order valence-electron chi connectivity index (χ2n) is 4.15. The fraction of sp³-hybridized carbons (Fsp3) is 0.455. The van der Waals surface area contributed by atoms with E-state index in [1.54, 1.807) is 18.2 Å². The number of rotatable bonds is 7. The van der Waals surface area contributed by atoms with Crippen LogP contribution in [0, 0.1) is 0 Å². The van der Waals surface area contributed by atoms with Crippen molar-refractivity contribution < 1.29 is 16.8 Å². The Labute approximate surface area is 114 Å². The van der Waals surface area contributed by atoms with E-state index in [1.807, 2.05) is 0 Å². The Morgan fingerprint density at radius 2 is 1.68 bits per heavy atom. The van der Waals surface area contributed by atoms with Crippen molar-refractivity contribution in [3.05, 3.63) is 30.3 Å². The fourth-order valence-corrected chi connectivity index (χ4v) is 2.91. The van der Waals surface area contributed by atoms with Crippen molar-refractivity contribution in [2.75, 3.05) is 26.4 Å². The number of hydrogen-bond donors (Lipinski definition) is 1. The minimum atomic E-state index is -3.51. The molecule has 0 aliphatic rings. The van der Waals surface area contributed by atoms with Crippen molar-refractivity contribution in [3.63, 3.8) is 0 Å². The molecule has 0 unspecified atom stereocenters. The highest BCUT2D eigenvalue weighted by Crippen LogP contribution is 2.06. The standard InChI is InChI=1S/C11H18N2O4S2/c1-13(18(2,14)15)10-6-9-12-19(16,17)11-7-4-3-5-8-11/h3-5,7-8,12H,6,9-10H2,1-2H3. The first kappa shape index (κ1) is 16.1. The zero-order chi connectivity index (χ0) is 14.5. The van der Waals surface area contributed by atoms with E-state index in [0.29, 0.717) is 6.42 Å². The number of nitrogens with zero attached hydrogens (tertiary/aromatic N) is 1. The van der Waals surface area contributed by atoms with Gasteiger partial charge in [-0.05, 0) is 18.6 Å². The zero-order valence-electron chi connectivity index (χ0n) is 10.9. The van der Waals surface area contributed by atoms with Crippen LogP contribution in [0.15, 0.2) is 35.2 Å². The van der Waals surface area contributed by atoms with Gasteiger partial charge in [-0.15, -0.1) is 0 Å². The summed E-state index contributed by atoms with van der Waals surface area (Å²) in [5.41, 5.74) is 0. The quantitative estimate of drug-likeness (QED) is 0.732. The smallest absolute Gasteiger partial charge is 0.213 e. The predicted molar refractivity (Wildman–Crippen MR) is 73.7 cm³/mol. The topological polar surface area (TPSA) is 83.6 Å². The van der Waals surface area contributed by atoms with Gasteiger partial charge in [-0.3, -0.25) is 0 Å². The summed E-state index contributed by atoms with van der Waals surface area (Å²) < 4.78 is 49.5. The van der Waals surface area contributed by atoms with Gasteiger partial charge >= 0.3 is 0 Å². The lowest BCUT2D eigenvalue weighted by molar-refractivity contribution is 0.465. The molecule has 0 radical (unpaired) electrons. The van der Waals surface area contributed by atoms with Crippen molar-refractivity contribution in [2.24, 2.45) is 0 Å². The maximum Gasteiger partial charge on any atom is 0.240 e. The largest absolute Gasteiger partial charge is 0.240 e. The summed E-state index contributed by atoms with van der Waals surface area (Å²) in [5.74, 6) is 0. The molecule has 0 fully saturated rings. The van der Waals surface area contributed by atoms with Crippen molar-refractivity contribution in [3.8, 4) is 0 Å². The molecule has 19 heavy (non-hydrogen) atoms. The second-order valence-corrected chi connectivity index (χ2v) is 8.01. The van der Waals surface area contributed by atoms with Crippen LogP contribution >= 0.6 is 0 Å². The van der Waals surface area contributed by atoms with E-state index in [4.69, 9.17) is 0 Å². The Morgan fingerprint density at radius 3 is 2.21 bits per heavy atom. The first-order chi connectivity index (χ1) is 8.73. The van der Waals surface area contributed by atoms with E-state index in [-0.39, 0.29) is 18.0 Å². The van der Waals surface area contributed by atoms with E-state index in [1.165, 1.54) is 23.5 Å². The Hall–Kier alpha value is -0.960. The lowest BCUT2D eigenvalue weighted by Crippen LogP contribution is -2.30. The van der Waals surface area contributed by atoms with Crippen LogP contribution in [-0.2, 0) is 20.0 Å². The summed E-state index contributed by atoms with van der Waals surface area (Å²) in [6, 6.07) is 8.04. The van der Waals surface area contributed by atoms with E-state index in [2.05, 4.69) is 4.72 Å². The molecule has 0 saturated heterocycles. The van der Waals surface area contributed by atoms with Crippen molar-refractivity contribution >= 4 is 20.0 Å². The molecule has 0 aliphatic carbocycles. The van der Waals surface area contributed by atoms with Gasteiger partial charge in [0.15, 0.2) is 0 Å². The number of nitrogens with one attached hydrogen (secondary N) is 1. The van der Waals surface area contributed by atoms with Crippen LogP contribution in [0.3, 0.4) is 0 Å². The highest BCUT2D eigenvalue weighted by molar-refractivity contribution is 7.89. The third kappa shape index (κ3) is 5.27. The van der Waals surface area contributed by atoms with Crippen LogP contribution in [0.2, 0.25) is 0 Å². The number of sulfonamides is 2. The Kier molecular flexibility index (Phi) is 5.48. The van der Waals surface area contributed by atoms with Gasteiger partial charge in [0.25, 0.3) is 0 Å². The molecule has 0 amide bonds. The van der Waals surface area contributed by atoms with Crippen LogP contribution in [0.5, 0.6) is 0 Å². The van der Waals surface area contributed by atoms with Gasteiger partial charge in [0.1, 0.15) is 0 Å². The molecule has 0 aliphatic heterocycles. The van der Waals surface area contributed by atoms with Crippen LogP contribution in [0.4, 0.5) is 0 Å². The number of benzene rings is 1. The third-order valence-electron chi connectivity index (χ3n) is 2.56. The molecule has 0 saturated carbocycles. The van der Waals surface area contributed by atoms with Crippen LogP contribution in [0.25, 0.3) is 0 Å². The lowest BCUT2D eigenvalue weighted by atomic mass is 10.4. The van der Waals surface area contributed by atoms with Gasteiger partial charge < -0.3 is 0 Å². The Bertz CT molecular complexity index is 597. The molecule has 0 spiro atoms. The molecule has 1 aromatic carbocycles. The molecule has 8 heteroatoms.